The summed E-state index contributed by atoms with van der Waals surface area (Å²) in [5.74, 6) is 1.07. The van der Waals surface area contributed by atoms with Gasteiger partial charge in [-0.15, -0.1) is 0 Å². The molecule has 1 heteroatoms. The van der Waals surface area contributed by atoms with Crippen molar-refractivity contribution in [3.05, 3.63) is 12.2 Å². The minimum atomic E-state index is 0.639. The average molecular weight is 207 g/mol. The van der Waals surface area contributed by atoms with Crippen molar-refractivity contribution in [1.82, 2.24) is 0 Å². The van der Waals surface area contributed by atoms with Gasteiger partial charge in [-0.3, -0.25) is 0 Å². The fourth-order valence-corrected chi connectivity index (χ4v) is 4.03. The van der Waals surface area contributed by atoms with Crippen molar-refractivity contribution < 1.29 is 21.2 Å². The number of rotatable bonds is 0. The van der Waals surface area contributed by atoms with Crippen LogP contribution in [0.4, 0.5) is 0 Å². The normalized spacial score (nSPS) is 46.9. The van der Waals surface area contributed by atoms with Crippen LogP contribution in [0.25, 0.3) is 0 Å². The van der Waals surface area contributed by atoms with Gasteiger partial charge in [-0.2, -0.15) is 0 Å². The summed E-state index contributed by atoms with van der Waals surface area (Å²) < 4.78 is 2.68. The molecule has 2 atom stereocenters. The molecule has 0 saturated heterocycles. The molecule has 1 aliphatic carbocycles. The number of fused-ring (bicyclic) bond motifs is 1. The van der Waals surface area contributed by atoms with E-state index in [1.807, 2.05) is 0 Å². The van der Waals surface area contributed by atoms with E-state index in [4.69, 9.17) is 0 Å². The summed E-state index contributed by atoms with van der Waals surface area (Å²) in [6.45, 7) is 0. The van der Waals surface area contributed by atoms with E-state index in [9.17, 15) is 0 Å². The molecular formula is C6H8I-. The topological polar surface area (TPSA) is 0 Å². The van der Waals surface area contributed by atoms with Gasteiger partial charge in [0.05, 0.1) is 0 Å². The number of halogens is 1. The monoisotopic (exact) mass is 207 g/mol. The molecule has 0 bridgehead atoms. The predicted molar refractivity (Wildman–Crippen MR) is 25.9 cm³/mol. The SMILES string of the molecule is C1=C[C@H]2C[C@H]2[I-]C1. The Labute approximate surface area is 54.2 Å². The molecule has 0 unspecified atom stereocenters. The summed E-state index contributed by atoms with van der Waals surface area (Å²) in [6.07, 6.45) is 6.33. The first-order valence-corrected chi connectivity index (χ1v) is 5.48. The van der Waals surface area contributed by atoms with E-state index in [1.165, 1.54) is 8.35 Å². The maximum absolute atomic E-state index is 2.41. The van der Waals surface area contributed by atoms with Crippen LogP contribution in [0.3, 0.4) is 0 Å². The number of hydrogen-bond donors (Lipinski definition) is 0. The van der Waals surface area contributed by atoms with Crippen LogP contribution in [0.2, 0.25) is 0 Å². The average Bonchev–Trinajstić information content (AvgIpc) is 2.41. The van der Waals surface area contributed by atoms with Gasteiger partial charge >= 0.3 is 54.0 Å². The quantitative estimate of drug-likeness (QED) is 0.245. The van der Waals surface area contributed by atoms with Gasteiger partial charge in [0.25, 0.3) is 0 Å². The van der Waals surface area contributed by atoms with Crippen molar-refractivity contribution in [2.75, 3.05) is 4.43 Å². The summed E-state index contributed by atoms with van der Waals surface area (Å²) in [6, 6.07) is 0. The van der Waals surface area contributed by atoms with E-state index >= 15 is 0 Å². The Bertz CT molecular complexity index is 107. The van der Waals surface area contributed by atoms with E-state index in [0.717, 1.165) is 5.92 Å². The Hall–Kier alpha value is 0.470. The zero-order chi connectivity index (χ0) is 4.69. The van der Waals surface area contributed by atoms with Gasteiger partial charge in [0, 0.05) is 0 Å². The van der Waals surface area contributed by atoms with Crippen LogP contribution in [-0.2, 0) is 0 Å². The molecule has 0 nitrogen and oxygen atoms in total. The maximum atomic E-state index is 2.41. The molecule has 2 aliphatic rings. The van der Waals surface area contributed by atoms with Crippen LogP contribution in [0, 0.1) is 5.92 Å². The van der Waals surface area contributed by atoms with Crippen LogP contribution in [0.15, 0.2) is 12.2 Å². The van der Waals surface area contributed by atoms with Gasteiger partial charge in [0.1, 0.15) is 0 Å². The summed E-state index contributed by atoms with van der Waals surface area (Å²) in [5, 5.41) is 0. The van der Waals surface area contributed by atoms with Gasteiger partial charge in [-0.25, -0.2) is 0 Å². The molecule has 1 aliphatic heterocycles. The Morgan fingerprint density at radius 3 is 3.14 bits per heavy atom. The van der Waals surface area contributed by atoms with Crippen molar-refractivity contribution in [3.8, 4) is 0 Å². The molecule has 40 valence electrons. The molecule has 1 saturated carbocycles. The van der Waals surface area contributed by atoms with E-state index in [2.05, 4.69) is 12.2 Å². The van der Waals surface area contributed by atoms with E-state index in [-0.39, 0.29) is 0 Å². The molecule has 1 heterocycles. The zero-order valence-corrected chi connectivity index (χ0v) is 6.26. The zero-order valence-electron chi connectivity index (χ0n) is 4.10. The third kappa shape index (κ3) is 0.712. The molecule has 0 aromatic heterocycles. The first kappa shape index (κ1) is 4.36. The third-order valence-electron chi connectivity index (χ3n) is 1.52. The van der Waals surface area contributed by atoms with Crippen LogP contribution in [-0.4, -0.2) is 8.35 Å². The summed E-state index contributed by atoms with van der Waals surface area (Å²) in [5.41, 5.74) is 0. The minimum absolute atomic E-state index is 0.639. The summed E-state index contributed by atoms with van der Waals surface area (Å²) >= 11 is 0.639. The second-order valence-corrected chi connectivity index (χ2v) is 5.51. The fraction of sp³-hybridized carbons (Fsp3) is 0.667. The molecule has 2 rings (SSSR count). The van der Waals surface area contributed by atoms with Crippen molar-refractivity contribution in [2.45, 2.75) is 10.3 Å². The van der Waals surface area contributed by atoms with Gasteiger partial charge in [-0.1, -0.05) is 0 Å². The molecule has 0 radical (unpaired) electrons. The van der Waals surface area contributed by atoms with Crippen molar-refractivity contribution in [2.24, 2.45) is 5.92 Å². The van der Waals surface area contributed by atoms with Gasteiger partial charge in [-0.05, 0) is 0 Å². The molecule has 7 heavy (non-hydrogen) atoms. The van der Waals surface area contributed by atoms with Crippen LogP contribution in [0.5, 0.6) is 0 Å². The first-order chi connectivity index (χ1) is 3.47. The third-order valence-corrected chi connectivity index (χ3v) is 5.10. The first-order valence-electron chi connectivity index (χ1n) is 2.71. The standard InChI is InChI=1S/C6H8I/c1-2-5-4-6(5)7-3-1/h1-2,5-6H,3-4H2/q-1/t5-,6+/m0/s1. The summed E-state index contributed by atoms with van der Waals surface area (Å²) in [7, 11) is 0. The number of alkyl halides is 2. The van der Waals surface area contributed by atoms with E-state index in [0.29, 0.717) is 21.2 Å². The van der Waals surface area contributed by atoms with Crippen LogP contribution < -0.4 is 21.2 Å². The van der Waals surface area contributed by atoms with Gasteiger partial charge in [0.15, 0.2) is 0 Å². The molecule has 0 N–H and O–H groups in total. The number of hydrogen-bond acceptors (Lipinski definition) is 0. The van der Waals surface area contributed by atoms with E-state index < -0.39 is 0 Å². The second kappa shape index (κ2) is 1.47. The Balaban J connectivity index is 2.14. The second-order valence-electron chi connectivity index (χ2n) is 2.15. The molecule has 0 aromatic rings. The van der Waals surface area contributed by atoms with Gasteiger partial charge in [0.2, 0.25) is 0 Å². The Morgan fingerprint density at radius 1 is 1.57 bits per heavy atom. The molecule has 0 spiro atoms. The summed E-state index contributed by atoms with van der Waals surface area (Å²) in [4.78, 5) is 0. The van der Waals surface area contributed by atoms with Crippen molar-refractivity contribution in [1.29, 1.82) is 0 Å². The number of allylic oxidation sites excluding steroid dienone is 2. The van der Waals surface area contributed by atoms with Crippen molar-refractivity contribution in [3.63, 3.8) is 0 Å². The molecule has 1 fully saturated rings. The van der Waals surface area contributed by atoms with Gasteiger partial charge < -0.3 is 0 Å². The predicted octanol–water partition coefficient (Wildman–Crippen LogP) is -1.97. The Kier molecular flexibility index (Phi) is 0.916. The molecular weight excluding hydrogens is 199 g/mol. The van der Waals surface area contributed by atoms with E-state index in [1.54, 1.807) is 6.42 Å². The molecule has 0 amide bonds. The fourth-order valence-electron chi connectivity index (χ4n) is 0.950. The molecule has 0 aromatic carbocycles. The van der Waals surface area contributed by atoms with Crippen LogP contribution in [0.1, 0.15) is 6.42 Å². The Morgan fingerprint density at radius 2 is 2.57 bits per heavy atom. The van der Waals surface area contributed by atoms with Crippen LogP contribution >= 0.6 is 0 Å². The van der Waals surface area contributed by atoms with Crippen molar-refractivity contribution >= 4 is 0 Å².